The van der Waals surface area contributed by atoms with Crippen LogP contribution in [0.4, 0.5) is 0 Å². The first-order valence-corrected chi connectivity index (χ1v) is 5.42. The summed E-state index contributed by atoms with van der Waals surface area (Å²) in [5.41, 5.74) is 2.76. The van der Waals surface area contributed by atoms with Crippen LogP contribution in [0.2, 0.25) is 0 Å². The van der Waals surface area contributed by atoms with Crippen LogP contribution in [0, 0.1) is 0 Å². The minimum Gasteiger partial charge on any atom is -0.493 e. The molecule has 1 aromatic carbocycles. The van der Waals surface area contributed by atoms with Crippen molar-refractivity contribution in [2.75, 3.05) is 13.2 Å². The topological polar surface area (TPSA) is 21.3 Å². The Kier molecular flexibility index (Phi) is 1.95. The van der Waals surface area contributed by atoms with Crippen LogP contribution in [0.3, 0.4) is 0 Å². The van der Waals surface area contributed by atoms with Crippen LogP contribution < -0.4 is 10.1 Å². The third-order valence-electron chi connectivity index (χ3n) is 3.17. The van der Waals surface area contributed by atoms with E-state index >= 15 is 0 Å². The van der Waals surface area contributed by atoms with Crippen LogP contribution in [0.25, 0.3) is 0 Å². The van der Waals surface area contributed by atoms with Gasteiger partial charge in [0.1, 0.15) is 5.75 Å². The van der Waals surface area contributed by atoms with Gasteiger partial charge in [-0.3, -0.25) is 0 Å². The molecule has 2 aliphatic rings. The van der Waals surface area contributed by atoms with Crippen LogP contribution in [0.1, 0.15) is 30.0 Å². The molecule has 1 atom stereocenters. The molecule has 0 unspecified atom stereocenters. The zero-order valence-corrected chi connectivity index (χ0v) is 8.25. The molecule has 2 aliphatic heterocycles. The van der Waals surface area contributed by atoms with Gasteiger partial charge in [0, 0.05) is 6.04 Å². The monoisotopic (exact) mass is 189 g/mol. The summed E-state index contributed by atoms with van der Waals surface area (Å²) in [5.74, 6) is 1.11. The molecule has 1 saturated heterocycles. The number of fused-ring (bicyclic) bond motifs is 1. The van der Waals surface area contributed by atoms with E-state index in [0.29, 0.717) is 6.04 Å². The van der Waals surface area contributed by atoms with Crippen molar-refractivity contribution in [3.05, 3.63) is 29.3 Å². The fourth-order valence-corrected chi connectivity index (χ4v) is 2.15. The average Bonchev–Trinajstić information content (AvgIpc) is 2.15. The predicted octanol–water partition coefficient (Wildman–Crippen LogP) is 2.05. The Morgan fingerprint density at radius 2 is 2.29 bits per heavy atom. The summed E-state index contributed by atoms with van der Waals surface area (Å²) < 4.78 is 5.66. The average molecular weight is 189 g/mol. The van der Waals surface area contributed by atoms with Gasteiger partial charge < -0.3 is 10.1 Å². The number of hydrogen-bond donors (Lipinski definition) is 1. The molecule has 2 heteroatoms. The van der Waals surface area contributed by atoms with E-state index in [1.807, 2.05) is 0 Å². The second-order valence-corrected chi connectivity index (χ2v) is 4.11. The molecule has 1 aromatic rings. The SMILES string of the molecule is c1cc2c(cc1[C@@H]1CCN1)OCCC2. The summed E-state index contributed by atoms with van der Waals surface area (Å²) in [6.45, 7) is 2.04. The Morgan fingerprint density at radius 3 is 3.07 bits per heavy atom. The molecular formula is C12H15NO. The minimum absolute atomic E-state index is 0.575. The van der Waals surface area contributed by atoms with Gasteiger partial charge in [-0.2, -0.15) is 0 Å². The van der Waals surface area contributed by atoms with Crippen molar-refractivity contribution in [3.8, 4) is 5.75 Å². The molecule has 0 spiro atoms. The highest BCUT2D eigenvalue weighted by atomic mass is 16.5. The maximum atomic E-state index is 5.66. The summed E-state index contributed by atoms with van der Waals surface area (Å²) in [6.07, 6.45) is 3.60. The summed E-state index contributed by atoms with van der Waals surface area (Å²) >= 11 is 0. The zero-order chi connectivity index (χ0) is 9.38. The van der Waals surface area contributed by atoms with E-state index in [0.717, 1.165) is 25.3 Å². The molecule has 2 heterocycles. The quantitative estimate of drug-likeness (QED) is 0.730. The maximum absolute atomic E-state index is 5.66. The van der Waals surface area contributed by atoms with Crippen molar-refractivity contribution in [2.24, 2.45) is 0 Å². The molecule has 0 aromatic heterocycles. The van der Waals surface area contributed by atoms with Gasteiger partial charge in [-0.1, -0.05) is 12.1 Å². The first-order chi connectivity index (χ1) is 6.93. The smallest absolute Gasteiger partial charge is 0.122 e. The molecular weight excluding hydrogens is 174 g/mol. The lowest BCUT2D eigenvalue weighted by atomic mass is 9.95. The number of benzene rings is 1. The molecule has 0 radical (unpaired) electrons. The molecule has 74 valence electrons. The zero-order valence-electron chi connectivity index (χ0n) is 8.25. The molecule has 1 fully saturated rings. The van der Waals surface area contributed by atoms with Crippen LogP contribution in [-0.4, -0.2) is 13.2 Å². The van der Waals surface area contributed by atoms with E-state index < -0.39 is 0 Å². The van der Waals surface area contributed by atoms with Crippen molar-refractivity contribution >= 4 is 0 Å². The van der Waals surface area contributed by atoms with Gasteiger partial charge in [0.05, 0.1) is 6.61 Å². The Labute approximate surface area is 84.3 Å². The fraction of sp³-hybridized carbons (Fsp3) is 0.500. The molecule has 1 N–H and O–H groups in total. The lowest BCUT2D eigenvalue weighted by molar-refractivity contribution is 0.286. The highest BCUT2D eigenvalue weighted by Crippen LogP contribution is 2.31. The first kappa shape index (κ1) is 8.30. The van der Waals surface area contributed by atoms with Crippen LogP contribution in [-0.2, 0) is 6.42 Å². The van der Waals surface area contributed by atoms with Crippen LogP contribution in [0.15, 0.2) is 18.2 Å². The fourth-order valence-electron chi connectivity index (χ4n) is 2.15. The molecule has 0 amide bonds. The summed E-state index contributed by atoms with van der Waals surface area (Å²) in [7, 11) is 0. The van der Waals surface area contributed by atoms with Crippen molar-refractivity contribution in [1.29, 1.82) is 0 Å². The number of nitrogens with one attached hydrogen (secondary N) is 1. The lowest BCUT2D eigenvalue weighted by Crippen LogP contribution is -2.34. The molecule has 14 heavy (non-hydrogen) atoms. The van der Waals surface area contributed by atoms with E-state index in [-0.39, 0.29) is 0 Å². The second kappa shape index (κ2) is 3.28. The molecule has 3 rings (SSSR count). The lowest BCUT2D eigenvalue weighted by Gasteiger charge is -2.29. The van der Waals surface area contributed by atoms with Crippen molar-refractivity contribution in [3.63, 3.8) is 0 Å². The Hall–Kier alpha value is -1.02. The number of aryl methyl sites for hydroxylation is 1. The van der Waals surface area contributed by atoms with Crippen LogP contribution in [0.5, 0.6) is 5.75 Å². The van der Waals surface area contributed by atoms with E-state index in [9.17, 15) is 0 Å². The highest BCUT2D eigenvalue weighted by molar-refractivity contribution is 5.40. The van der Waals surface area contributed by atoms with E-state index in [4.69, 9.17) is 4.74 Å². The first-order valence-electron chi connectivity index (χ1n) is 5.42. The summed E-state index contributed by atoms with van der Waals surface area (Å²) in [4.78, 5) is 0. The Balaban J connectivity index is 1.92. The number of ether oxygens (including phenoxy) is 1. The summed E-state index contributed by atoms with van der Waals surface area (Å²) in [5, 5.41) is 3.41. The van der Waals surface area contributed by atoms with E-state index in [1.165, 1.54) is 24.0 Å². The van der Waals surface area contributed by atoms with Crippen LogP contribution >= 0.6 is 0 Å². The molecule has 0 saturated carbocycles. The largest absolute Gasteiger partial charge is 0.493 e. The van der Waals surface area contributed by atoms with Gasteiger partial charge in [0.2, 0.25) is 0 Å². The third-order valence-corrected chi connectivity index (χ3v) is 3.17. The second-order valence-electron chi connectivity index (χ2n) is 4.11. The third kappa shape index (κ3) is 1.30. The van der Waals surface area contributed by atoms with E-state index in [1.54, 1.807) is 0 Å². The van der Waals surface area contributed by atoms with Crippen molar-refractivity contribution < 1.29 is 4.74 Å². The number of hydrogen-bond acceptors (Lipinski definition) is 2. The summed E-state index contributed by atoms with van der Waals surface area (Å²) in [6, 6.07) is 7.25. The molecule has 2 nitrogen and oxygen atoms in total. The minimum atomic E-state index is 0.575. The standard InChI is InChI=1S/C12H15NO/c1-2-9-3-4-10(11-5-6-13-11)8-12(9)14-7-1/h3-4,8,11,13H,1-2,5-7H2/t11-/m0/s1. The van der Waals surface area contributed by atoms with Gasteiger partial charge in [-0.15, -0.1) is 0 Å². The van der Waals surface area contributed by atoms with Gasteiger partial charge in [0.15, 0.2) is 0 Å². The maximum Gasteiger partial charge on any atom is 0.122 e. The van der Waals surface area contributed by atoms with E-state index in [2.05, 4.69) is 23.5 Å². The molecule has 0 aliphatic carbocycles. The number of rotatable bonds is 1. The van der Waals surface area contributed by atoms with Gasteiger partial charge in [-0.05, 0) is 43.0 Å². The van der Waals surface area contributed by atoms with Crippen molar-refractivity contribution in [2.45, 2.75) is 25.3 Å². The highest BCUT2D eigenvalue weighted by Gasteiger charge is 2.20. The Bertz CT molecular complexity index is 344. The van der Waals surface area contributed by atoms with Crippen molar-refractivity contribution in [1.82, 2.24) is 5.32 Å². The molecule has 0 bridgehead atoms. The van der Waals surface area contributed by atoms with Gasteiger partial charge >= 0.3 is 0 Å². The normalized spacial score (nSPS) is 24.7. The van der Waals surface area contributed by atoms with Gasteiger partial charge in [0.25, 0.3) is 0 Å². The Morgan fingerprint density at radius 1 is 1.36 bits per heavy atom. The predicted molar refractivity (Wildman–Crippen MR) is 55.6 cm³/mol. The van der Waals surface area contributed by atoms with Gasteiger partial charge in [-0.25, -0.2) is 0 Å².